The van der Waals surface area contributed by atoms with Crippen molar-refractivity contribution >= 4 is 71.0 Å². The Labute approximate surface area is 380 Å². The van der Waals surface area contributed by atoms with Gasteiger partial charge in [-0.3, -0.25) is 0 Å². The summed E-state index contributed by atoms with van der Waals surface area (Å²) in [6, 6.07) is 72.2. The number of anilines is 2. The number of hydrogen-bond acceptors (Lipinski definition) is 2. The van der Waals surface area contributed by atoms with E-state index < -0.39 is 0 Å². The second-order valence-electron chi connectivity index (χ2n) is 17.1. The van der Waals surface area contributed by atoms with Crippen LogP contribution in [0.4, 0.5) is 11.4 Å². The number of nitrogens with zero attached hydrogens (tertiary/aromatic N) is 1. The normalized spacial score (nSPS) is 12.0. The Morgan fingerprint density at radius 2 is 0.938 bits per heavy atom. The quantitative estimate of drug-likeness (QED) is 0.106. The molecular weight excluding hydrogens is 787 g/mol. The van der Waals surface area contributed by atoms with Gasteiger partial charge in [0.1, 0.15) is 11.3 Å². The summed E-state index contributed by atoms with van der Waals surface area (Å²) >= 11 is 0. The standard InChI is InChI=1S/C63H47NO/c1-5-44(31-26-43(4)64(52-35-32-45-14-6-8-16-49(45)38-52)53-36-33-46-15-7-9-17-50(46)39-53)60-54-18-10-12-20-56(54)61(57-21-13-11-19-55(57)60)51-34-37-58-59(40-51)65-63(48-29-24-42(3)25-30-48)62(58)47-27-22-41(2)23-28-47/h5-40H,4H2,1-3H3/b31-26-,44-5+. The molecule has 0 radical (unpaired) electrons. The lowest BCUT2D eigenvalue weighted by molar-refractivity contribution is 0.632. The van der Waals surface area contributed by atoms with E-state index in [0.717, 1.165) is 61.6 Å². The highest BCUT2D eigenvalue weighted by molar-refractivity contribution is 6.20. The van der Waals surface area contributed by atoms with Crippen molar-refractivity contribution in [3.63, 3.8) is 0 Å². The van der Waals surface area contributed by atoms with E-state index in [1.807, 2.05) is 0 Å². The third kappa shape index (κ3) is 7.20. The van der Waals surface area contributed by atoms with Gasteiger partial charge in [-0.1, -0.05) is 194 Å². The lowest BCUT2D eigenvalue weighted by Gasteiger charge is -2.26. The van der Waals surface area contributed by atoms with Crippen molar-refractivity contribution in [2.24, 2.45) is 0 Å². The molecule has 2 nitrogen and oxygen atoms in total. The predicted octanol–water partition coefficient (Wildman–Crippen LogP) is 18.0. The van der Waals surface area contributed by atoms with Crippen LogP contribution in [0, 0.1) is 13.8 Å². The topological polar surface area (TPSA) is 16.4 Å². The molecule has 10 aromatic carbocycles. The van der Waals surface area contributed by atoms with Gasteiger partial charge in [0, 0.05) is 33.6 Å². The molecule has 0 amide bonds. The highest BCUT2D eigenvalue weighted by Gasteiger charge is 2.22. The molecule has 11 aromatic rings. The van der Waals surface area contributed by atoms with Crippen molar-refractivity contribution in [3.05, 3.63) is 247 Å². The number of allylic oxidation sites excluding steroid dienone is 4. The highest BCUT2D eigenvalue weighted by atomic mass is 16.3. The summed E-state index contributed by atoms with van der Waals surface area (Å²) < 4.78 is 6.92. The maximum absolute atomic E-state index is 6.92. The maximum Gasteiger partial charge on any atom is 0.143 e. The van der Waals surface area contributed by atoms with Crippen molar-refractivity contribution in [2.75, 3.05) is 4.90 Å². The van der Waals surface area contributed by atoms with Gasteiger partial charge in [-0.05, 0) is 134 Å². The fourth-order valence-electron chi connectivity index (χ4n) is 9.61. The van der Waals surface area contributed by atoms with Crippen LogP contribution >= 0.6 is 0 Å². The number of hydrogen-bond donors (Lipinski definition) is 0. The van der Waals surface area contributed by atoms with Gasteiger partial charge in [0.2, 0.25) is 0 Å². The molecule has 0 aliphatic carbocycles. The van der Waals surface area contributed by atoms with E-state index in [-0.39, 0.29) is 0 Å². The molecule has 0 bridgehead atoms. The maximum atomic E-state index is 6.92. The van der Waals surface area contributed by atoms with Gasteiger partial charge < -0.3 is 9.32 Å². The zero-order valence-corrected chi connectivity index (χ0v) is 36.8. The molecule has 11 rings (SSSR count). The van der Waals surface area contributed by atoms with Gasteiger partial charge in [-0.2, -0.15) is 0 Å². The number of rotatable bonds is 9. The Kier molecular flexibility index (Phi) is 10.1. The van der Waals surface area contributed by atoms with E-state index in [1.165, 1.54) is 65.3 Å². The fraction of sp³-hybridized carbons (Fsp3) is 0.0476. The Morgan fingerprint density at radius 3 is 1.49 bits per heavy atom. The SMILES string of the molecule is C=C(/C=C\C(=C/C)c1c2ccccc2c(-c2ccc3c(-c4ccc(C)cc4)c(-c4ccc(C)cc4)oc3c2)c2ccccc12)N(c1ccc2ccccc2c1)c1ccc2ccccc2c1. The van der Waals surface area contributed by atoms with Crippen LogP contribution in [-0.4, -0.2) is 0 Å². The van der Waals surface area contributed by atoms with Crippen LogP contribution in [0.1, 0.15) is 23.6 Å². The van der Waals surface area contributed by atoms with Gasteiger partial charge >= 0.3 is 0 Å². The van der Waals surface area contributed by atoms with Crippen LogP contribution in [0.5, 0.6) is 0 Å². The van der Waals surface area contributed by atoms with Crippen molar-refractivity contribution in [2.45, 2.75) is 20.8 Å². The second kappa shape index (κ2) is 16.5. The molecule has 310 valence electrons. The Balaban J connectivity index is 1.04. The summed E-state index contributed by atoms with van der Waals surface area (Å²) in [4.78, 5) is 2.27. The average molecular weight is 834 g/mol. The molecule has 0 aliphatic heterocycles. The molecule has 1 aromatic heterocycles. The van der Waals surface area contributed by atoms with E-state index in [1.54, 1.807) is 0 Å². The van der Waals surface area contributed by atoms with E-state index in [0.29, 0.717) is 0 Å². The number of fused-ring (bicyclic) bond motifs is 5. The number of benzene rings is 10. The average Bonchev–Trinajstić information content (AvgIpc) is 3.73. The molecule has 0 unspecified atom stereocenters. The van der Waals surface area contributed by atoms with Gasteiger partial charge in [-0.15, -0.1) is 0 Å². The molecule has 0 spiro atoms. The molecule has 0 fully saturated rings. The lowest BCUT2D eigenvalue weighted by Crippen LogP contribution is -2.14. The molecule has 2 heteroatoms. The van der Waals surface area contributed by atoms with Crippen molar-refractivity contribution < 1.29 is 4.42 Å². The fourth-order valence-corrected chi connectivity index (χ4v) is 9.61. The predicted molar refractivity (Wildman–Crippen MR) is 279 cm³/mol. The zero-order valence-electron chi connectivity index (χ0n) is 36.8. The monoisotopic (exact) mass is 833 g/mol. The van der Waals surface area contributed by atoms with Crippen LogP contribution in [0.2, 0.25) is 0 Å². The smallest absolute Gasteiger partial charge is 0.143 e. The molecule has 0 aliphatic rings. The van der Waals surface area contributed by atoms with E-state index in [9.17, 15) is 0 Å². The summed E-state index contributed by atoms with van der Waals surface area (Å²) in [6.45, 7) is 11.1. The zero-order chi connectivity index (χ0) is 44.0. The Morgan fingerprint density at radius 1 is 0.446 bits per heavy atom. The Hall–Kier alpha value is -8.20. The molecule has 0 saturated heterocycles. The first-order valence-corrected chi connectivity index (χ1v) is 22.4. The summed E-state index contributed by atoms with van der Waals surface area (Å²) in [6.07, 6.45) is 6.63. The number of furan rings is 1. The van der Waals surface area contributed by atoms with Crippen molar-refractivity contribution in [1.29, 1.82) is 0 Å². The van der Waals surface area contributed by atoms with Crippen LogP contribution in [0.3, 0.4) is 0 Å². The molecule has 1 heterocycles. The summed E-state index contributed by atoms with van der Waals surface area (Å²) in [5.41, 5.74) is 14.2. The van der Waals surface area contributed by atoms with E-state index >= 15 is 0 Å². The molecule has 65 heavy (non-hydrogen) atoms. The summed E-state index contributed by atoms with van der Waals surface area (Å²) in [5.74, 6) is 0.886. The van der Waals surface area contributed by atoms with Crippen molar-refractivity contribution in [1.82, 2.24) is 0 Å². The third-order valence-corrected chi connectivity index (χ3v) is 12.9. The first-order valence-electron chi connectivity index (χ1n) is 22.4. The largest absolute Gasteiger partial charge is 0.455 e. The number of aryl methyl sites for hydroxylation is 2. The van der Waals surface area contributed by atoms with Gasteiger partial charge in [0.15, 0.2) is 0 Å². The van der Waals surface area contributed by atoms with Gasteiger partial charge in [0.05, 0.1) is 0 Å². The highest BCUT2D eigenvalue weighted by Crippen LogP contribution is 2.46. The minimum absolute atomic E-state index is 0.863. The van der Waals surface area contributed by atoms with Crippen LogP contribution in [-0.2, 0) is 0 Å². The molecule has 0 atom stereocenters. The first kappa shape index (κ1) is 39.6. The van der Waals surface area contributed by atoms with Crippen LogP contribution in [0.25, 0.3) is 93.2 Å². The van der Waals surface area contributed by atoms with Gasteiger partial charge in [0.25, 0.3) is 0 Å². The van der Waals surface area contributed by atoms with Crippen LogP contribution in [0.15, 0.2) is 235 Å². The van der Waals surface area contributed by atoms with Gasteiger partial charge in [-0.25, -0.2) is 0 Å². The third-order valence-electron chi connectivity index (χ3n) is 12.9. The minimum Gasteiger partial charge on any atom is -0.455 e. The first-order chi connectivity index (χ1) is 31.9. The summed E-state index contributed by atoms with van der Waals surface area (Å²) in [5, 5.41) is 10.6. The van der Waals surface area contributed by atoms with Crippen LogP contribution < -0.4 is 4.90 Å². The second-order valence-corrected chi connectivity index (χ2v) is 17.1. The minimum atomic E-state index is 0.863. The molecule has 0 N–H and O–H groups in total. The Bertz CT molecular complexity index is 3560. The van der Waals surface area contributed by atoms with E-state index in [2.05, 4.69) is 244 Å². The molecule has 0 saturated carbocycles. The summed E-state index contributed by atoms with van der Waals surface area (Å²) in [7, 11) is 0. The van der Waals surface area contributed by atoms with E-state index in [4.69, 9.17) is 11.0 Å². The molecular formula is C63H47NO. The van der Waals surface area contributed by atoms with Crippen molar-refractivity contribution in [3.8, 4) is 33.6 Å². The lowest BCUT2D eigenvalue weighted by atomic mass is 9.85.